The molecule has 0 saturated heterocycles. The van der Waals surface area contributed by atoms with Crippen LogP contribution < -0.4 is 0 Å². The molecule has 0 amide bonds. The van der Waals surface area contributed by atoms with Gasteiger partial charge in [-0.3, -0.25) is 0 Å². The maximum absolute atomic E-state index is 5.36. The smallest absolute Gasteiger partial charge is 0.164 e. The number of aromatic nitrogens is 4. The van der Waals surface area contributed by atoms with Crippen LogP contribution in [0.5, 0.6) is 0 Å². The van der Waals surface area contributed by atoms with Gasteiger partial charge in [-0.25, -0.2) is 15.0 Å². The quantitative estimate of drug-likeness (QED) is 0.180. The molecule has 278 valence electrons. The van der Waals surface area contributed by atoms with Crippen molar-refractivity contribution in [3.63, 3.8) is 0 Å². The van der Waals surface area contributed by atoms with Crippen LogP contribution in [0.2, 0.25) is 0 Å². The van der Waals surface area contributed by atoms with Gasteiger partial charge in [-0.15, -0.1) is 0 Å². The minimum absolute atomic E-state index is 0.168. The summed E-state index contributed by atoms with van der Waals surface area (Å²) in [5.41, 5.74) is 15.9. The minimum Gasteiger partial charge on any atom is -0.309 e. The van der Waals surface area contributed by atoms with Crippen molar-refractivity contribution in [1.82, 2.24) is 19.5 Å². The average Bonchev–Trinajstić information content (AvgIpc) is 3.80. The molecule has 4 nitrogen and oxygen atoms in total. The fourth-order valence-electron chi connectivity index (χ4n) is 10.4. The zero-order valence-electron chi connectivity index (χ0n) is 32.8. The molecule has 0 aliphatic heterocycles. The SMILES string of the molecule is CC1(C)c2ccccc2C2(c3ccccc3-c3c(-c4nc(-c5ccccc5)nc(-c5ccc(-n6c7ccccc7c7ccccc76)cc5)n4)cccc32)c2ccccc21. The highest BCUT2D eigenvalue weighted by molar-refractivity contribution is 6.09. The summed E-state index contributed by atoms with van der Waals surface area (Å²) < 4.78 is 2.34. The summed E-state index contributed by atoms with van der Waals surface area (Å²) in [5, 5.41) is 2.48. The lowest BCUT2D eigenvalue weighted by Crippen LogP contribution is -2.40. The highest BCUT2D eigenvalue weighted by Gasteiger charge is 2.53. The fraction of sp³-hybridized carbons (Fsp3) is 0.0727. The van der Waals surface area contributed by atoms with E-state index in [9.17, 15) is 0 Å². The monoisotopic (exact) mass is 754 g/mol. The van der Waals surface area contributed by atoms with Gasteiger partial charge in [0.2, 0.25) is 0 Å². The molecule has 0 bridgehead atoms. The summed E-state index contributed by atoms with van der Waals surface area (Å²) in [5.74, 6) is 1.93. The first-order chi connectivity index (χ1) is 29.0. The fourth-order valence-corrected chi connectivity index (χ4v) is 10.4. The second kappa shape index (κ2) is 12.5. The molecule has 59 heavy (non-hydrogen) atoms. The van der Waals surface area contributed by atoms with Crippen LogP contribution in [0.15, 0.2) is 194 Å². The molecule has 0 saturated carbocycles. The van der Waals surface area contributed by atoms with E-state index in [1.807, 2.05) is 18.2 Å². The predicted octanol–water partition coefficient (Wildman–Crippen LogP) is 13.0. The second-order valence-corrected chi connectivity index (χ2v) is 16.3. The van der Waals surface area contributed by atoms with E-state index in [2.05, 4.69) is 194 Å². The summed E-state index contributed by atoms with van der Waals surface area (Å²) in [6, 6.07) is 69.9. The Balaban J connectivity index is 1.08. The van der Waals surface area contributed by atoms with E-state index in [4.69, 9.17) is 15.0 Å². The predicted molar refractivity (Wildman–Crippen MR) is 240 cm³/mol. The van der Waals surface area contributed by atoms with Crippen LogP contribution in [0, 0.1) is 0 Å². The van der Waals surface area contributed by atoms with Gasteiger partial charge in [0.1, 0.15) is 0 Å². The molecule has 8 aromatic carbocycles. The second-order valence-electron chi connectivity index (χ2n) is 16.3. The van der Waals surface area contributed by atoms with E-state index in [1.54, 1.807) is 0 Å². The zero-order valence-corrected chi connectivity index (χ0v) is 32.8. The van der Waals surface area contributed by atoms with Gasteiger partial charge in [0.15, 0.2) is 17.5 Å². The van der Waals surface area contributed by atoms with Crippen LogP contribution in [0.4, 0.5) is 0 Å². The summed E-state index contributed by atoms with van der Waals surface area (Å²) in [6.45, 7) is 4.73. The lowest BCUT2D eigenvalue weighted by molar-refractivity contribution is 0.563. The number of benzene rings is 8. The maximum Gasteiger partial charge on any atom is 0.164 e. The summed E-state index contributed by atoms with van der Waals surface area (Å²) in [7, 11) is 0. The van der Waals surface area contributed by atoms with Crippen LogP contribution in [-0.4, -0.2) is 19.5 Å². The lowest BCUT2D eigenvalue weighted by Gasteiger charge is -2.46. The van der Waals surface area contributed by atoms with Crippen LogP contribution in [0.25, 0.3) is 72.8 Å². The van der Waals surface area contributed by atoms with E-state index < -0.39 is 5.41 Å². The Bertz CT molecular complexity index is 3200. The molecule has 0 fully saturated rings. The normalized spacial score (nSPS) is 14.2. The molecule has 2 aliphatic carbocycles. The van der Waals surface area contributed by atoms with Gasteiger partial charge in [-0.05, 0) is 80.9 Å². The van der Waals surface area contributed by atoms with Gasteiger partial charge >= 0.3 is 0 Å². The van der Waals surface area contributed by atoms with Crippen LogP contribution in [-0.2, 0) is 10.8 Å². The Labute approximate surface area is 343 Å². The van der Waals surface area contributed by atoms with Crippen molar-refractivity contribution in [3.8, 4) is 51.0 Å². The molecule has 2 aliphatic rings. The van der Waals surface area contributed by atoms with Crippen molar-refractivity contribution < 1.29 is 0 Å². The molecule has 12 rings (SSSR count). The van der Waals surface area contributed by atoms with Gasteiger partial charge < -0.3 is 4.57 Å². The number of para-hydroxylation sites is 2. The maximum atomic E-state index is 5.36. The number of rotatable bonds is 4. The largest absolute Gasteiger partial charge is 0.309 e. The average molecular weight is 755 g/mol. The summed E-state index contributed by atoms with van der Waals surface area (Å²) >= 11 is 0. The molecule has 0 unspecified atom stereocenters. The third-order valence-corrected chi connectivity index (χ3v) is 12.9. The number of hydrogen-bond acceptors (Lipinski definition) is 3. The van der Waals surface area contributed by atoms with Crippen molar-refractivity contribution in [3.05, 3.63) is 228 Å². The van der Waals surface area contributed by atoms with Crippen molar-refractivity contribution in [2.45, 2.75) is 24.7 Å². The first-order valence-corrected chi connectivity index (χ1v) is 20.4. The lowest BCUT2D eigenvalue weighted by atomic mass is 9.55. The first-order valence-electron chi connectivity index (χ1n) is 20.4. The third kappa shape index (κ3) is 4.69. The van der Waals surface area contributed by atoms with Crippen LogP contribution >= 0.6 is 0 Å². The third-order valence-electron chi connectivity index (χ3n) is 12.9. The highest BCUT2D eigenvalue weighted by Crippen LogP contribution is 2.63. The molecule has 0 N–H and O–H groups in total. The Hall–Kier alpha value is -7.43. The van der Waals surface area contributed by atoms with E-state index in [0.29, 0.717) is 17.5 Å². The number of nitrogens with zero attached hydrogens (tertiary/aromatic N) is 4. The molecular formula is C55H38N4. The molecule has 10 aromatic rings. The summed E-state index contributed by atoms with van der Waals surface area (Å²) in [4.78, 5) is 15.8. The van der Waals surface area contributed by atoms with Crippen LogP contribution in [0.3, 0.4) is 0 Å². The van der Waals surface area contributed by atoms with Crippen molar-refractivity contribution in [2.75, 3.05) is 0 Å². The molecule has 4 heteroatoms. The molecule has 2 aromatic heterocycles. The number of hydrogen-bond donors (Lipinski definition) is 0. The van der Waals surface area contributed by atoms with Crippen molar-refractivity contribution >= 4 is 21.8 Å². The van der Waals surface area contributed by atoms with Gasteiger partial charge in [0.25, 0.3) is 0 Å². The highest BCUT2D eigenvalue weighted by atomic mass is 15.0. The van der Waals surface area contributed by atoms with E-state index in [1.165, 1.54) is 66.3 Å². The first kappa shape index (κ1) is 33.7. The number of fused-ring (bicyclic) bond motifs is 12. The van der Waals surface area contributed by atoms with Crippen molar-refractivity contribution in [1.29, 1.82) is 0 Å². The van der Waals surface area contributed by atoms with Crippen molar-refractivity contribution in [2.24, 2.45) is 0 Å². The topological polar surface area (TPSA) is 43.6 Å². The Morgan fingerprint density at radius 2 is 0.814 bits per heavy atom. The Morgan fingerprint density at radius 3 is 1.44 bits per heavy atom. The molecular weight excluding hydrogens is 717 g/mol. The molecule has 2 heterocycles. The zero-order chi connectivity index (χ0) is 39.3. The van der Waals surface area contributed by atoms with Gasteiger partial charge in [0.05, 0.1) is 16.4 Å². The van der Waals surface area contributed by atoms with Crippen LogP contribution in [0.1, 0.15) is 47.2 Å². The Kier molecular flexibility index (Phi) is 7.16. The summed E-state index contributed by atoms with van der Waals surface area (Å²) in [6.07, 6.45) is 0. The Morgan fingerprint density at radius 1 is 0.356 bits per heavy atom. The minimum atomic E-state index is -0.509. The molecule has 1 spiro atoms. The standard InChI is InChI=1S/C55H38N4/c1-54(2)43-24-10-12-26-45(43)55(46-27-13-11-25-44(46)54)42-23-9-6-21-40(42)50-41(22-16-28-47(50)55)53-57-51(35-17-4-3-5-18-35)56-52(58-53)36-31-33-37(34-32-36)59-48-29-14-7-19-38(48)39-20-8-15-30-49(39)59/h3-34H,1-2H3. The van der Waals surface area contributed by atoms with E-state index in [0.717, 1.165) is 22.4 Å². The molecule has 0 atom stereocenters. The van der Waals surface area contributed by atoms with E-state index >= 15 is 0 Å². The van der Waals surface area contributed by atoms with E-state index in [-0.39, 0.29) is 5.41 Å². The van der Waals surface area contributed by atoms with Gasteiger partial charge in [0, 0.05) is 38.6 Å². The molecule has 0 radical (unpaired) electrons. The van der Waals surface area contributed by atoms with Gasteiger partial charge in [-0.1, -0.05) is 172 Å². The van der Waals surface area contributed by atoms with Gasteiger partial charge in [-0.2, -0.15) is 0 Å².